The van der Waals surface area contributed by atoms with E-state index in [1.807, 2.05) is 41.3 Å². The number of nitrogens with zero attached hydrogens (tertiary/aromatic N) is 2. The zero-order valence-corrected chi connectivity index (χ0v) is 11.9. The summed E-state index contributed by atoms with van der Waals surface area (Å²) in [4.78, 5) is 18.6. The molecule has 2 heterocycles. The Morgan fingerprint density at radius 1 is 1.19 bits per heavy atom. The van der Waals surface area contributed by atoms with Gasteiger partial charge >= 0.3 is 0 Å². The number of carbonyl (C=O) groups excluding carboxylic acids is 1. The van der Waals surface area contributed by atoms with Gasteiger partial charge < -0.3 is 10.6 Å². The second kappa shape index (κ2) is 5.95. The number of aromatic nitrogens is 1. The van der Waals surface area contributed by atoms with Crippen LogP contribution in [0.25, 0.3) is 0 Å². The third kappa shape index (κ3) is 3.05. The monoisotopic (exact) mass is 281 g/mol. The third-order valence-electron chi connectivity index (χ3n) is 4.00. The van der Waals surface area contributed by atoms with E-state index in [0.717, 1.165) is 30.6 Å². The number of benzene rings is 1. The van der Waals surface area contributed by atoms with Gasteiger partial charge in [0.2, 0.25) is 5.91 Å². The van der Waals surface area contributed by atoms with Crippen LogP contribution in [0.5, 0.6) is 0 Å². The van der Waals surface area contributed by atoms with Crippen LogP contribution in [0.1, 0.15) is 30.0 Å². The molecule has 2 aromatic rings. The van der Waals surface area contributed by atoms with Crippen molar-refractivity contribution in [3.05, 3.63) is 59.9 Å². The number of hydrogen-bond acceptors (Lipinski definition) is 3. The highest BCUT2D eigenvalue weighted by atomic mass is 16.2. The Kier molecular flexibility index (Phi) is 3.86. The number of nitrogens with two attached hydrogens (primary N) is 1. The molecule has 0 aliphatic carbocycles. The molecule has 1 saturated heterocycles. The predicted molar refractivity (Wildman–Crippen MR) is 82.5 cm³/mol. The fraction of sp³-hybridized carbons (Fsp3) is 0.294. The first-order valence-corrected chi connectivity index (χ1v) is 7.28. The van der Waals surface area contributed by atoms with E-state index in [1.165, 1.54) is 5.56 Å². The molecule has 4 heteroatoms. The minimum atomic E-state index is 0.180. The van der Waals surface area contributed by atoms with E-state index in [0.29, 0.717) is 6.42 Å². The summed E-state index contributed by atoms with van der Waals surface area (Å²) in [7, 11) is 0. The first-order chi connectivity index (χ1) is 10.2. The number of anilines is 1. The van der Waals surface area contributed by atoms with Crippen LogP contribution in [0.15, 0.2) is 48.8 Å². The van der Waals surface area contributed by atoms with E-state index in [-0.39, 0.29) is 11.9 Å². The Hall–Kier alpha value is -2.36. The van der Waals surface area contributed by atoms with Crippen LogP contribution in [0.2, 0.25) is 0 Å². The molecule has 4 nitrogen and oxygen atoms in total. The molecule has 1 atom stereocenters. The zero-order chi connectivity index (χ0) is 14.7. The quantitative estimate of drug-likeness (QED) is 0.880. The topological polar surface area (TPSA) is 59.2 Å². The predicted octanol–water partition coefficient (Wildman–Crippen LogP) is 2.57. The molecule has 1 aliphatic rings. The molecule has 1 fully saturated rings. The molecule has 2 N–H and O–H groups in total. The van der Waals surface area contributed by atoms with Crippen molar-refractivity contribution in [3.8, 4) is 0 Å². The van der Waals surface area contributed by atoms with Gasteiger partial charge in [-0.25, -0.2) is 0 Å². The van der Waals surface area contributed by atoms with Crippen molar-refractivity contribution in [3.63, 3.8) is 0 Å². The van der Waals surface area contributed by atoms with Gasteiger partial charge in [-0.3, -0.25) is 9.78 Å². The van der Waals surface area contributed by atoms with Crippen molar-refractivity contribution in [2.75, 3.05) is 12.3 Å². The summed E-state index contributed by atoms with van der Waals surface area (Å²) in [5.74, 6) is 0.180. The number of carbonyl (C=O) groups is 1. The molecular formula is C17H19N3O. The van der Waals surface area contributed by atoms with Crippen LogP contribution in [0.4, 0.5) is 5.69 Å². The van der Waals surface area contributed by atoms with E-state index in [2.05, 4.69) is 4.98 Å². The average Bonchev–Trinajstić information content (AvgIpc) is 3.00. The lowest BCUT2D eigenvalue weighted by Crippen LogP contribution is -2.31. The van der Waals surface area contributed by atoms with Crippen LogP contribution in [-0.2, 0) is 11.2 Å². The summed E-state index contributed by atoms with van der Waals surface area (Å²) < 4.78 is 0. The molecule has 1 unspecified atom stereocenters. The normalized spacial score (nSPS) is 17.9. The number of amides is 1. The highest BCUT2D eigenvalue weighted by molar-refractivity contribution is 5.79. The van der Waals surface area contributed by atoms with Gasteiger partial charge in [-0.05, 0) is 48.2 Å². The van der Waals surface area contributed by atoms with E-state index >= 15 is 0 Å². The van der Waals surface area contributed by atoms with E-state index < -0.39 is 0 Å². The van der Waals surface area contributed by atoms with Crippen molar-refractivity contribution in [2.45, 2.75) is 25.3 Å². The Morgan fingerprint density at radius 2 is 1.90 bits per heavy atom. The minimum absolute atomic E-state index is 0.180. The van der Waals surface area contributed by atoms with Crippen LogP contribution in [0, 0.1) is 0 Å². The smallest absolute Gasteiger partial charge is 0.227 e. The average molecular weight is 281 g/mol. The van der Waals surface area contributed by atoms with Crippen LogP contribution < -0.4 is 5.73 Å². The van der Waals surface area contributed by atoms with Gasteiger partial charge in [-0.15, -0.1) is 0 Å². The summed E-state index contributed by atoms with van der Waals surface area (Å²) in [5.41, 5.74) is 8.58. The first kappa shape index (κ1) is 13.6. The lowest BCUT2D eigenvalue weighted by atomic mass is 10.1. The Morgan fingerprint density at radius 3 is 2.62 bits per heavy atom. The number of rotatable bonds is 3. The summed E-state index contributed by atoms with van der Waals surface area (Å²) in [6.45, 7) is 0.834. The van der Waals surface area contributed by atoms with E-state index in [4.69, 9.17) is 5.73 Å². The third-order valence-corrected chi connectivity index (χ3v) is 4.00. The van der Waals surface area contributed by atoms with Crippen molar-refractivity contribution >= 4 is 11.6 Å². The van der Waals surface area contributed by atoms with Crippen molar-refractivity contribution in [2.24, 2.45) is 0 Å². The summed E-state index contributed by atoms with van der Waals surface area (Å²) >= 11 is 0. The van der Waals surface area contributed by atoms with Crippen molar-refractivity contribution < 1.29 is 4.79 Å². The molecule has 0 bridgehead atoms. The minimum Gasteiger partial charge on any atom is -0.399 e. The number of nitrogen functional groups attached to an aromatic ring is 1. The molecule has 108 valence electrons. The first-order valence-electron chi connectivity index (χ1n) is 7.28. The molecule has 1 aromatic heterocycles. The molecular weight excluding hydrogens is 262 g/mol. The van der Waals surface area contributed by atoms with Gasteiger partial charge in [0.1, 0.15) is 0 Å². The Balaban J connectivity index is 1.73. The molecule has 0 spiro atoms. The van der Waals surface area contributed by atoms with Crippen LogP contribution in [0.3, 0.4) is 0 Å². The number of likely N-dealkylation sites (tertiary alicyclic amines) is 1. The Bertz CT molecular complexity index is 610. The molecule has 0 saturated carbocycles. The van der Waals surface area contributed by atoms with Crippen LogP contribution in [-0.4, -0.2) is 22.3 Å². The highest BCUT2D eigenvalue weighted by Gasteiger charge is 2.29. The van der Waals surface area contributed by atoms with Crippen molar-refractivity contribution in [1.29, 1.82) is 0 Å². The number of pyridine rings is 1. The van der Waals surface area contributed by atoms with Gasteiger partial charge in [0.15, 0.2) is 0 Å². The lowest BCUT2D eigenvalue weighted by molar-refractivity contribution is -0.131. The molecule has 1 amide bonds. The number of hydrogen-bond donors (Lipinski definition) is 1. The Labute approximate surface area is 124 Å². The molecule has 3 rings (SSSR count). The van der Waals surface area contributed by atoms with Gasteiger partial charge in [-0.2, -0.15) is 0 Å². The SMILES string of the molecule is Nc1ccc(CC(=O)N2CCCC2c2ccncc2)cc1. The molecule has 1 aromatic carbocycles. The van der Waals surface area contributed by atoms with E-state index in [1.54, 1.807) is 12.4 Å². The maximum atomic E-state index is 12.6. The zero-order valence-electron chi connectivity index (χ0n) is 11.9. The maximum Gasteiger partial charge on any atom is 0.227 e. The molecule has 0 radical (unpaired) electrons. The fourth-order valence-electron chi connectivity index (χ4n) is 2.91. The van der Waals surface area contributed by atoms with Crippen molar-refractivity contribution in [1.82, 2.24) is 9.88 Å². The summed E-state index contributed by atoms with van der Waals surface area (Å²) in [6.07, 6.45) is 6.09. The second-order valence-corrected chi connectivity index (χ2v) is 5.44. The summed E-state index contributed by atoms with van der Waals surface area (Å²) in [6, 6.07) is 11.7. The maximum absolute atomic E-state index is 12.6. The highest BCUT2D eigenvalue weighted by Crippen LogP contribution is 2.32. The second-order valence-electron chi connectivity index (χ2n) is 5.44. The van der Waals surface area contributed by atoms with Crippen LogP contribution >= 0.6 is 0 Å². The van der Waals surface area contributed by atoms with Gasteiger partial charge in [0.05, 0.1) is 12.5 Å². The molecule has 1 aliphatic heterocycles. The van der Waals surface area contributed by atoms with Gasteiger partial charge in [0, 0.05) is 24.6 Å². The lowest BCUT2D eigenvalue weighted by Gasteiger charge is -2.25. The van der Waals surface area contributed by atoms with E-state index in [9.17, 15) is 4.79 Å². The fourth-order valence-corrected chi connectivity index (χ4v) is 2.91. The standard InChI is InChI=1S/C17H19N3O/c18-15-5-3-13(4-6-15)12-17(21)20-11-1-2-16(20)14-7-9-19-10-8-14/h3-10,16H,1-2,11-12,18H2. The molecule has 21 heavy (non-hydrogen) atoms. The largest absolute Gasteiger partial charge is 0.399 e. The van der Waals surface area contributed by atoms with Gasteiger partial charge in [0.25, 0.3) is 0 Å². The summed E-state index contributed by atoms with van der Waals surface area (Å²) in [5, 5.41) is 0. The van der Waals surface area contributed by atoms with Gasteiger partial charge in [-0.1, -0.05) is 12.1 Å².